The first kappa shape index (κ1) is 21.2. The smallest absolute Gasteiger partial charge is 0.407 e. The third-order valence-corrected chi connectivity index (χ3v) is 6.14. The molecule has 1 fully saturated rings. The van der Waals surface area contributed by atoms with E-state index >= 15 is 0 Å². The van der Waals surface area contributed by atoms with Gasteiger partial charge in [-0.3, -0.25) is 0 Å². The van der Waals surface area contributed by atoms with E-state index in [1.807, 2.05) is 6.07 Å². The SMILES string of the molecule is CC(C)(C)OC(=O)NCC1CCCCN1S(=O)(=O)Cc1ccc(C#N)cc1. The zero-order valence-corrected chi connectivity index (χ0v) is 16.9. The van der Waals surface area contributed by atoms with Gasteiger partial charge in [0, 0.05) is 19.1 Å². The van der Waals surface area contributed by atoms with Crippen molar-refractivity contribution < 1.29 is 17.9 Å². The van der Waals surface area contributed by atoms with Crippen LogP contribution in [0.5, 0.6) is 0 Å². The Labute approximate surface area is 161 Å². The van der Waals surface area contributed by atoms with Crippen LogP contribution in [-0.2, 0) is 20.5 Å². The molecule has 148 valence electrons. The van der Waals surface area contributed by atoms with Gasteiger partial charge in [-0.25, -0.2) is 13.2 Å². The van der Waals surface area contributed by atoms with Gasteiger partial charge in [-0.05, 0) is 51.3 Å². The molecule has 0 radical (unpaired) electrons. The summed E-state index contributed by atoms with van der Waals surface area (Å²) in [6, 6.07) is 8.28. The molecule has 1 atom stereocenters. The monoisotopic (exact) mass is 393 g/mol. The summed E-state index contributed by atoms with van der Waals surface area (Å²) in [6.07, 6.45) is 1.87. The fourth-order valence-electron chi connectivity index (χ4n) is 3.03. The maximum absolute atomic E-state index is 12.9. The van der Waals surface area contributed by atoms with E-state index in [1.165, 1.54) is 4.31 Å². The topological polar surface area (TPSA) is 99.5 Å². The summed E-state index contributed by atoms with van der Waals surface area (Å²) in [5.74, 6) is -0.123. The first-order valence-corrected chi connectivity index (χ1v) is 10.7. The molecule has 1 N–H and O–H groups in total. The van der Waals surface area contributed by atoms with Gasteiger partial charge in [0.05, 0.1) is 17.4 Å². The lowest BCUT2D eigenvalue weighted by molar-refractivity contribution is 0.0512. The number of nitrogens with one attached hydrogen (secondary N) is 1. The van der Waals surface area contributed by atoms with E-state index in [0.29, 0.717) is 24.1 Å². The molecule has 1 saturated heterocycles. The zero-order chi connectivity index (χ0) is 20.1. The van der Waals surface area contributed by atoms with Crippen molar-refractivity contribution >= 4 is 16.1 Å². The number of ether oxygens (including phenoxy) is 1. The Hall–Kier alpha value is -2.11. The van der Waals surface area contributed by atoms with Crippen LogP contribution in [0.3, 0.4) is 0 Å². The molecule has 1 aromatic carbocycles. The number of sulfonamides is 1. The first-order chi connectivity index (χ1) is 12.6. The Morgan fingerprint density at radius 1 is 1.30 bits per heavy atom. The Bertz CT molecular complexity index is 792. The molecule has 0 spiro atoms. The summed E-state index contributed by atoms with van der Waals surface area (Å²) in [5, 5.41) is 11.5. The van der Waals surface area contributed by atoms with Crippen molar-refractivity contribution in [2.24, 2.45) is 0 Å². The average molecular weight is 394 g/mol. The van der Waals surface area contributed by atoms with Crippen molar-refractivity contribution in [1.29, 1.82) is 5.26 Å². The van der Waals surface area contributed by atoms with Crippen molar-refractivity contribution in [3.8, 4) is 6.07 Å². The number of benzene rings is 1. The van der Waals surface area contributed by atoms with Crippen LogP contribution in [0.1, 0.15) is 51.2 Å². The van der Waals surface area contributed by atoms with Gasteiger partial charge in [-0.2, -0.15) is 9.57 Å². The maximum Gasteiger partial charge on any atom is 0.407 e. The molecule has 1 heterocycles. The zero-order valence-electron chi connectivity index (χ0n) is 16.1. The maximum atomic E-state index is 12.9. The highest BCUT2D eigenvalue weighted by Crippen LogP contribution is 2.23. The molecule has 1 aromatic rings. The van der Waals surface area contributed by atoms with Gasteiger partial charge in [0.2, 0.25) is 10.0 Å². The van der Waals surface area contributed by atoms with Crippen LogP contribution in [0.4, 0.5) is 4.79 Å². The third-order valence-electron chi connectivity index (χ3n) is 4.24. The van der Waals surface area contributed by atoms with Crippen molar-refractivity contribution in [2.75, 3.05) is 13.1 Å². The second-order valence-electron chi connectivity index (χ2n) is 7.71. The van der Waals surface area contributed by atoms with E-state index in [9.17, 15) is 13.2 Å². The van der Waals surface area contributed by atoms with Crippen LogP contribution in [0.25, 0.3) is 0 Å². The lowest BCUT2D eigenvalue weighted by Crippen LogP contribution is -2.50. The molecule has 1 unspecified atom stereocenters. The van der Waals surface area contributed by atoms with E-state index in [0.717, 1.165) is 12.8 Å². The summed E-state index contributed by atoms with van der Waals surface area (Å²) >= 11 is 0. The van der Waals surface area contributed by atoms with Crippen molar-refractivity contribution in [2.45, 2.75) is 57.4 Å². The number of nitriles is 1. The lowest BCUT2D eigenvalue weighted by atomic mass is 10.1. The number of hydrogen-bond donors (Lipinski definition) is 1. The largest absolute Gasteiger partial charge is 0.444 e. The fourth-order valence-corrected chi connectivity index (χ4v) is 4.85. The number of nitrogens with zero attached hydrogens (tertiary/aromatic N) is 2. The van der Waals surface area contributed by atoms with Crippen LogP contribution in [0, 0.1) is 11.3 Å². The lowest BCUT2D eigenvalue weighted by Gasteiger charge is -2.35. The molecule has 0 saturated carbocycles. The Morgan fingerprint density at radius 3 is 2.56 bits per heavy atom. The number of amides is 1. The highest BCUT2D eigenvalue weighted by Gasteiger charge is 2.32. The van der Waals surface area contributed by atoms with Crippen LogP contribution in [0.15, 0.2) is 24.3 Å². The quantitative estimate of drug-likeness (QED) is 0.829. The molecule has 0 aromatic heterocycles. The van der Waals surface area contributed by atoms with Crippen molar-refractivity contribution in [3.63, 3.8) is 0 Å². The van der Waals surface area contributed by atoms with Crippen LogP contribution in [-0.4, -0.2) is 43.5 Å². The minimum Gasteiger partial charge on any atom is -0.444 e. The molecule has 1 aliphatic heterocycles. The Kier molecular flexibility index (Phi) is 6.84. The normalized spacial score (nSPS) is 18.5. The summed E-state index contributed by atoms with van der Waals surface area (Å²) in [6.45, 7) is 6.01. The minimum atomic E-state index is -3.53. The second kappa shape index (κ2) is 8.72. The number of alkyl carbamates (subject to hydrolysis) is 1. The van der Waals surface area contributed by atoms with Gasteiger partial charge < -0.3 is 10.1 Å². The van der Waals surface area contributed by atoms with Crippen LogP contribution >= 0.6 is 0 Å². The molecule has 0 aliphatic carbocycles. The van der Waals surface area contributed by atoms with Gasteiger partial charge in [-0.15, -0.1) is 0 Å². The van der Waals surface area contributed by atoms with Gasteiger partial charge >= 0.3 is 6.09 Å². The molecule has 27 heavy (non-hydrogen) atoms. The van der Waals surface area contributed by atoms with Gasteiger partial charge in [0.25, 0.3) is 0 Å². The predicted molar refractivity (Wildman–Crippen MR) is 102 cm³/mol. The number of piperidine rings is 1. The molecule has 0 bridgehead atoms. The number of carbonyl (C=O) groups is 1. The molecule has 1 aliphatic rings. The Balaban J connectivity index is 2.03. The van der Waals surface area contributed by atoms with Gasteiger partial charge in [0.1, 0.15) is 5.60 Å². The van der Waals surface area contributed by atoms with E-state index in [4.69, 9.17) is 10.00 Å². The van der Waals surface area contributed by atoms with Gasteiger partial charge in [0.15, 0.2) is 0 Å². The molecule has 1 amide bonds. The second-order valence-corrected chi connectivity index (χ2v) is 9.63. The minimum absolute atomic E-state index is 0.123. The summed E-state index contributed by atoms with van der Waals surface area (Å²) in [7, 11) is -3.53. The Morgan fingerprint density at radius 2 is 1.96 bits per heavy atom. The van der Waals surface area contributed by atoms with Crippen LogP contribution < -0.4 is 5.32 Å². The highest BCUT2D eigenvalue weighted by molar-refractivity contribution is 7.88. The molecular formula is C19H27N3O4S. The van der Waals surface area contributed by atoms with Gasteiger partial charge in [-0.1, -0.05) is 18.6 Å². The number of carbonyl (C=O) groups excluding carboxylic acids is 1. The van der Waals surface area contributed by atoms with E-state index in [1.54, 1.807) is 45.0 Å². The summed E-state index contributed by atoms with van der Waals surface area (Å²) < 4.78 is 32.5. The molecule has 2 rings (SSSR count). The molecule has 8 heteroatoms. The predicted octanol–water partition coefficient (Wildman–Crippen LogP) is 2.77. The average Bonchev–Trinajstić information content (AvgIpc) is 2.59. The fraction of sp³-hybridized carbons (Fsp3) is 0.579. The van der Waals surface area contributed by atoms with Crippen molar-refractivity contribution in [3.05, 3.63) is 35.4 Å². The molecule has 7 nitrogen and oxygen atoms in total. The number of rotatable bonds is 5. The number of hydrogen-bond acceptors (Lipinski definition) is 5. The summed E-state index contributed by atoms with van der Waals surface area (Å²) in [4.78, 5) is 11.9. The highest BCUT2D eigenvalue weighted by atomic mass is 32.2. The summed E-state index contributed by atoms with van der Waals surface area (Å²) in [5.41, 5.74) is 0.532. The van der Waals surface area contributed by atoms with Crippen LogP contribution in [0.2, 0.25) is 0 Å². The first-order valence-electron chi connectivity index (χ1n) is 9.06. The van der Waals surface area contributed by atoms with Crippen molar-refractivity contribution in [1.82, 2.24) is 9.62 Å². The molecular weight excluding hydrogens is 366 g/mol. The third kappa shape index (κ3) is 6.52. The van der Waals surface area contributed by atoms with E-state index < -0.39 is 21.7 Å². The van der Waals surface area contributed by atoms with E-state index in [2.05, 4.69) is 5.32 Å². The standard InChI is InChI=1S/C19H27N3O4S/c1-19(2,3)26-18(23)21-13-17-6-4-5-11-22(17)27(24,25)14-16-9-7-15(12-20)8-10-16/h7-10,17H,4-6,11,13-14H2,1-3H3,(H,21,23). The van der Waals surface area contributed by atoms with E-state index in [-0.39, 0.29) is 18.3 Å².